The zero-order valence-corrected chi connectivity index (χ0v) is 25.5. The minimum Gasteiger partial charge on any atom is -0.496 e. The summed E-state index contributed by atoms with van der Waals surface area (Å²) in [4.78, 5) is 26.5. The molecule has 0 saturated carbocycles. The van der Waals surface area contributed by atoms with E-state index in [-0.39, 0.29) is 16.4 Å². The van der Waals surface area contributed by atoms with Crippen LogP contribution in [0.2, 0.25) is 0 Å². The van der Waals surface area contributed by atoms with Crippen molar-refractivity contribution in [3.63, 3.8) is 0 Å². The summed E-state index contributed by atoms with van der Waals surface area (Å²) in [6.45, 7) is 4.69. The molecule has 0 atom stereocenters. The number of hydrogen-bond acceptors (Lipinski definition) is 5. The van der Waals surface area contributed by atoms with Gasteiger partial charge >= 0.3 is 0 Å². The second kappa shape index (κ2) is 13.1. The van der Waals surface area contributed by atoms with Crippen LogP contribution in [0.4, 0.5) is 0 Å². The summed E-state index contributed by atoms with van der Waals surface area (Å²) in [7, 11) is 0.981. The summed E-state index contributed by atoms with van der Waals surface area (Å²) >= 11 is 0. The van der Waals surface area contributed by atoms with Gasteiger partial charge in [0.1, 0.15) is 5.75 Å². The van der Waals surface area contributed by atoms with Crippen molar-refractivity contribution < 1.29 is 22.7 Å². The number of benzene rings is 3. The van der Waals surface area contributed by atoms with Crippen LogP contribution in [0.5, 0.6) is 5.75 Å². The minimum absolute atomic E-state index is 0.0409. The van der Waals surface area contributed by atoms with Gasteiger partial charge in [0.05, 0.1) is 12.0 Å². The Morgan fingerprint density at radius 3 is 2.48 bits per heavy atom. The lowest BCUT2D eigenvalue weighted by molar-refractivity contribution is -0.127. The Balaban J connectivity index is 1.62. The molecule has 0 aliphatic rings. The average Bonchev–Trinajstić information content (AvgIpc) is 3.29. The SMILES string of the molecule is CCCn1cc(Cc2ccc(C(=O)NS(=O)(=O)c3ccccc3C)cc2OC)c2cc(/C=C/CC(=O)N(C)C)ccc21. The van der Waals surface area contributed by atoms with E-state index < -0.39 is 15.9 Å². The number of hydrogen-bond donors (Lipinski definition) is 1. The molecule has 220 valence electrons. The first-order chi connectivity index (χ1) is 20.0. The molecule has 9 heteroatoms. The maximum Gasteiger partial charge on any atom is 0.265 e. The second-order valence-corrected chi connectivity index (χ2v) is 12.1. The molecule has 42 heavy (non-hydrogen) atoms. The number of amides is 2. The van der Waals surface area contributed by atoms with Gasteiger partial charge in [0, 0.05) is 56.1 Å². The lowest BCUT2D eigenvalue weighted by Crippen LogP contribution is -2.31. The fourth-order valence-electron chi connectivity index (χ4n) is 4.87. The molecule has 0 radical (unpaired) electrons. The number of sulfonamides is 1. The Morgan fingerprint density at radius 1 is 1.02 bits per heavy atom. The molecule has 0 bridgehead atoms. The molecular weight excluding hydrogens is 550 g/mol. The molecule has 1 heterocycles. The molecule has 8 nitrogen and oxygen atoms in total. The van der Waals surface area contributed by atoms with Crippen LogP contribution in [0.15, 0.2) is 77.8 Å². The van der Waals surface area contributed by atoms with Gasteiger partial charge < -0.3 is 14.2 Å². The molecule has 0 saturated heterocycles. The highest BCUT2D eigenvalue weighted by molar-refractivity contribution is 7.90. The van der Waals surface area contributed by atoms with Crippen LogP contribution >= 0.6 is 0 Å². The van der Waals surface area contributed by atoms with Crippen LogP contribution in [0.25, 0.3) is 17.0 Å². The molecule has 0 spiro atoms. The number of carbonyl (C=O) groups excluding carboxylic acids is 2. The largest absolute Gasteiger partial charge is 0.496 e. The van der Waals surface area contributed by atoms with Crippen LogP contribution in [0.3, 0.4) is 0 Å². The van der Waals surface area contributed by atoms with Gasteiger partial charge in [-0.05, 0) is 65.9 Å². The number of carbonyl (C=O) groups is 2. The molecular formula is C33H37N3O5S. The lowest BCUT2D eigenvalue weighted by atomic mass is 10.0. The average molecular weight is 588 g/mol. The highest BCUT2D eigenvalue weighted by atomic mass is 32.2. The highest BCUT2D eigenvalue weighted by Crippen LogP contribution is 2.30. The number of rotatable bonds is 11. The Labute approximate surface area is 247 Å². The molecule has 3 aromatic carbocycles. The van der Waals surface area contributed by atoms with Crippen molar-refractivity contribution in [3.05, 3.63) is 101 Å². The van der Waals surface area contributed by atoms with Crippen LogP contribution in [0.1, 0.15) is 52.4 Å². The number of ether oxygens (including phenoxy) is 1. The summed E-state index contributed by atoms with van der Waals surface area (Å²) in [5, 5.41) is 1.10. The van der Waals surface area contributed by atoms with E-state index in [1.54, 1.807) is 62.3 Å². The van der Waals surface area contributed by atoms with E-state index in [1.807, 2.05) is 18.2 Å². The molecule has 4 rings (SSSR count). The fraction of sp³-hybridized carbons (Fsp3) is 0.273. The monoisotopic (exact) mass is 587 g/mol. The van der Waals surface area contributed by atoms with E-state index in [9.17, 15) is 18.0 Å². The summed E-state index contributed by atoms with van der Waals surface area (Å²) < 4.78 is 35.7. The van der Waals surface area contributed by atoms with E-state index >= 15 is 0 Å². The predicted molar refractivity (Wildman–Crippen MR) is 166 cm³/mol. The molecule has 1 N–H and O–H groups in total. The van der Waals surface area contributed by atoms with Crippen molar-refractivity contribution >= 4 is 38.8 Å². The standard InChI is InChI=1S/C33H37N3O5S/c1-6-18-36-22-27(28-19-24(14-17-29(28)36)11-9-13-32(37)35(3)4)20-25-15-16-26(21-30(25)41-5)33(38)34-42(39,40)31-12-8-7-10-23(31)2/h7-12,14-17,19,21-22H,6,13,18,20H2,1-5H3,(H,34,38)/b11-9+. The first kappa shape index (κ1) is 30.6. The van der Waals surface area contributed by atoms with Crippen molar-refractivity contribution in [2.45, 2.75) is 44.6 Å². The first-order valence-corrected chi connectivity index (χ1v) is 15.3. The Hall–Kier alpha value is -4.37. The van der Waals surface area contributed by atoms with E-state index in [0.29, 0.717) is 24.2 Å². The zero-order valence-electron chi connectivity index (χ0n) is 24.7. The molecule has 1 aromatic heterocycles. The van der Waals surface area contributed by atoms with Gasteiger partial charge in [-0.1, -0.05) is 49.4 Å². The molecule has 0 aliphatic heterocycles. The molecule has 0 fully saturated rings. The lowest BCUT2D eigenvalue weighted by Gasteiger charge is -2.12. The molecule has 0 unspecified atom stereocenters. The molecule has 2 amide bonds. The summed E-state index contributed by atoms with van der Waals surface area (Å²) in [6, 6.07) is 17.8. The van der Waals surface area contributed by atoms with Gasteiger partial charge in [0.15, 0.2) is 0 Å². The normalized spacial score (nSPS) is 11.6. The smallest absolute Gasteiger partial charge is 0.265 e. The number of nitrogens with one attached hydrogen (secondary N) is 1. The van der Waals surface area contributed by atoms with E-state index in [0.717, 1.165) is 40.6 Å². The van der Waals surface area contributed by atoms with E-state index in [2.05, 4.69) is 34.5 Å². The van der Waals surface area contributed by atoms with Gasteiger partial charge in [0.25, 0.3) is 15.9 Å². The van der Waals surface area contributed by atoms with Gasteiger partial charge in [-0.2, -0.15) is 0 Å². The third-order valence-electron chi connectivity index (χ3n) is 7.09. The molecule has 4 aromatic rings. The van der Waals surface area contributed by atoms with Crippen LogP contribution in [0, 0.1) is 6.92 Å². The van der Waals surface area contributed by atoms with Crippen molar-refractivity contribution in [1.82, 2.24) is 14.2 Å². The Kier molecular flexibility index (Phi) is 9.52. The number of aryl methyl sites for hydroxylation is 2. The summed E-state index contributed by atoms with van der Waals surface area (Å²) in [5.74, 6) is -0.198. The van der Waals surface area contributed by atoms with Gasteiger partial charge in [-0.25, -0.2) is 13.1 Å². The van der Waals surface area contributed by atoms with E-state index in [4.69, 9.17) is 4.74 Å². The number of methoxy groups -OCH3 is 1. The van der Waals surface area contributed by atoms with Gasteiger partial charge in [0.2, 0.25) is 5.91 Å². The quantitative estimate of drug-likeness (QED) is 0.248. The number of nitrogens with zero attached hydrogens (tertiary/aromatic N) is 2. The Bertz CT molecular complexity index is 1750. The van der Waals surface area contributed by atoms with Gasteiger partial charge in [-0.15, -0.1) is 0 Å². The topological polar surface area (TPSA) is 97.7 Å². The van der Waals surface area contributed by atoms with Gasteiger partial charge in [-0.3, -0.25) is 9.59 Å². The summed E-state index contributed by atoms with van der Waals surface area (Å²) in [5.41, 5.74) is 4.80. The van der Waals surface area contributed by atoms with Crippen LogP contribution < -0.4 is 9.46 Å². The molecule has 0 aliphatic carbocycles. The van der Waals surface area contributed by atoms with Crippen molar-refractivity contribution in [2.24, 2.45) is 0 Å². The van der Waals surface area contributed by atoms with Crippen molar-refractivity contribution in [2.75, 3.05) is 21.2 Å². The third kappa shape index (κ3) is 6.91. The van der Waals surface area contributed by atoms with Crippen LogP contribution in [-0.2, 0) is 27.8 Å². The third-order valence-corrected chi connectivity index (χ3v) is 8.59. The maximum absolute atomic E-state index is 13.0. The highest BCUT2D eigenvalue weighted by Gasteiger charge is 2.21. The Morgan fingerprint density at radius 2 is 1.79 bits per heavy atom. The first-order valence-electron chi connectivity index (χ1n) is 13.8. The van der Waals surface area contributed by atoms with Crippen LogP contribution in [-0.4, -0.2) is 50.9 Å². The number of fused-ring (bicyclic) bond motifs is 1. The van der Waals surface area contributed by atoms with Crippen molar-refractivity contribution in [1.29, 1.82) is 0 Å². The number of aromatic nitrogens is 1. The predicted octanol–water partition coefficient (Wildman–Crippen LogP) is 5.57. The minimum atomic E-state index is -4.03. The van der Waals surface area contributed by atoms with Crippen molar-refractivity contribution in [3.8, 4) is 5.75 Å². The summed E-state index contributed by atoms with van der Waals surface area (Å²) in [6.07, 6.45) is 7.84. The zero-order chi connectivity index (χ0) is 30.4. The maximum atomic E-state index is 13.0. The van der Waals surface area contributed by atoms with E-state index in [1.165, 1.54) is 13.2 Å². The fourth-order valence-corrected chi connectivity index (χ4v) is 6.09. The second-order valence-electron chi connectivity index (χ2n) is 10.4.